The molecule has 0 saturated heterocycles. The molecule has 118 valence electrons. The normalized spacial score (nSPS) is 21.8. The van der Waals surface area contributed by atoms with Gasteiger partial charge in [-0.15, -0.1) is 0 Å². The minimum Gasteiger partial charge on any atom is -0.335 e. The number of H-pyrrole nitrogens is 1. The Kier molecular flexibility index (Phi) is 3.48. The van der Waals surface area contributed by atoms with Gasteiger partial charge in [0, 0.05) is 12.0 Å². The van der Waals surface area contributed by atoms with Crippen LogP contribution in [0.25, 0.3) is 0 Å². The molecule has 5 nitrogen and oxygen atoms in total. The van der Waals surface area contributed by atoms with Crippen LogP contribution in [0.4, 0.5) is 13.2 Å². The average Bonchev–Trinajstić information content (AvgIpc) is 2.97. The Morgan fingerprint density at radius 2 is 2.09 bits per heavy atom. The Morgan fingerprint density at radius 1 is 1.32 bits per heavy atom. The molecule has 0 bridgehead atoms. The highest BCUT2D eigenvalue weighted by molar-refractivity contribution is 7.89. The molecule has 0 radical (unpaired) electrons. The molecule has 2 aromatic rings. The third kappa shape index (κ3) is 3.00. The fourth-order valence-corrected chi connectivity index (χ4v) is 3.49. The molecule has 2 atom stereocenters. The van der Waals surface area contributed by atoms with Crippen LogP contribution in [0.1, 0.15) is 23.5 Å². The maximum absolute atomic E-state index is 12.7. The molecule has 1 aromatic carbocycles. The number of sulfonamides is 1. The van der Waals surface area contributed by atoms with Gasteiger partial charge in [-0.2, -0.15) is 13.2 Å². The summed E-state index contributed by atoms with van der Waals surface area (Å²) in [5, 5.41) is -0.0674. The smallest absolute Gasteiger partial charge is 0.335 e. The number of aromatic amines is 1. The van der Waals surface area contributed by atoms with Crippen LogP contribution in [-0.2, 0) is 16.2 Å². The molecule has 9 heteroatoms. The van der Waals surface area contributed by atoms with E-state index < -0.39 is 27.8 Å². The van der Waals surface area contributed by atoms with Crippen LogP contribution in [0.3, 0.4) is 0 Å². The summed E-state index contributed by atoms with van der Waals surface area (Å²) in [6.07, 6.45) is -1.53. The molecule has 3 rings (SSSR count). The first-order valence-electron chi connectivity index (χ1n) is 6.45. The summed E-state index contributed by atoms with van der Waals surface area (Å²) < 4.78 is 64.5. The highest BCUT2D eigenvalue weighted by atomic mass is 32.2. The van der Waals surface area contributed by atoms with E-state index in [2.05, 4.69) is 14.7 Å². The summed E-state index contributed by atoms with van der Waals surface area (Å²) in [6.45, 7) is 0. The molecule has 1 aliphatic carbocycles. The lowest BCUT2D eigenvalue weighted by atomic mass is 10.1. The van der Waals surface area contributed by atoms with Gasteiger partial charge in [-0.1, -0.05) is 18.2 Å². The number of hydrogen-bond acceptors (Lipinski definition) is 3. The van der Waals surface area contributed by atoms with E-state index in [0.29, 0.717) is 12.0 Å². The van der Waals surface area contributed by atoms with Crippen molar-refractivity contribution >= 4 is 10.0 Å². The Hall–Kier alpha value is -1.87. The van der Waals surface area contributed by atoms with Crippen LogP contribution in [0, 0.1) is 0 Å². The van der Waals surface area contributed by atoms with Crippen molar-refractivity contribution in [2.24, 2.45) is 0 Å². The monoisotopic (exact) mass is 331 g/mol. The van der Waals surface area contributed by atoms with Gasteiger partial charge in [0.05, 0.1) is 18.1 Å². The van der Waals surface area contributed by atoms with Crippen molar-refractivity contribution < 1.29 is 21.6 Å². The number of nitrogens with one attached hydrogen (secondary N) is 2. The number of aromatic nitrogens is 2. The zero-order valence-corrected chi connectivity index (χ0v) is 11.9. The van der Waals surface area contributed by atoms with E-state index in [9.17, 15) is 21.6 Å². The summed E-state index contributed by atoms with van der Waals surface area (Å²) >= 11 is 0. The van der Waals surface area contributed by atoms with E-state index in [1.54, 1.807) is 6.07 Å². The maximum atomic E-state index is 12.7. The maximum Gasteiger partial charge on any atom is 0.416 e. The molecule has 2 N–H and O–H groups in total. The Labute approximate surface area is 124 Å². The first-order chi connectivity index (χ1) is 10.3. The minimum absolute atomic E-state index is 0.0674. The highest BCUT2D eigenvalue weighted by Gasteiger charge is 2.42. The van der Waals surface area contributed by atoms with Gasteiger partial charge < -0.3 is 4.98 Å². The first-order valence-corrected chi connectivity index (χ1v) is 7.93. The molecule has 1 aliphatic rings. The Balaban J connectivity index is 1.73. The van der Waals surface area contributed by atoms with Crippen molar-refractivity contribution in [2.75, 3.05) is 0 Å². The van der Waals surface area contributed by atoms with Crippen molar-refractivity contribution in [2.45, 2.75) is 29.6 Å². The van der Waals surface area contributed by atoms with E-state index in [4.69, 9.17) is 0 Å². The van der Waals surface area contributed by atoms with E-state index in [-0.39, 0.29) is 10.9 Å². The Morgan fingerprint density at radius 3 is 2.73 bits per heavy atom. The molecule has 1 saturated carbocycles. The van der Waals surface area contributed by atoms with E-state index in [1.165, 1.54) is 18.6 Å². The summed E-state index contributed by atoms with van der Waals surface area (Å²) in [4.78, 5) is 6.12. The largest absolute Gasteiger partial charge is 0.416 e. The summed E-state index contributed by atoms with van der Waals surface area (Å²) in [5.41, 5.74) is -0.251. The number of nitrogens with zero attached hydrogens (tertiary/aromatic N) is 1. The number of alkyl halides is 3. The van der Waals surface area contributed by atoms with Crippen LogP contribution in [0.15, 0.2) is 41.8 Å². The van der Waals surface area contributed by atoms with Gasteiger partial charge in [-0.05, 0) is 18.1 Å². The van der Waals surface area contributed by atoms with Crippen LogP contribution < -0.4 is 4.72 Å². The number of imidazole rings is 1. The molecule has 1 aromatic heterocycles. The second-order valence-electron chi connectivity index (χ2n) is 5.11. The lowest BCUT2D eigenvalue weighted by molar-refractivity contribution is -0.137. The minimum atomic E-state index is -4.41. The predicted octanol–water partition coefficient (Wildman–Crippen LogP) is 2.26. The number of rotatable bonds is 4. The molecule has 0 amide bonds. The van der Waals surface area contributed by atoms with Crippen molar-refractivity contribution in [3.63, 3.8) is 0 Å². The second-order valence-corrected chi connectivity index (χ2v) is 6.79. The van der Waals surface area contributed by atoms with Crippen molar-refractivity contribution in [3.05, 3.63) is 47.9 Å². The Bertz CT molecular complexity index is 772. The summed E-state index contributed by atoms with van der Waals surface area (Å²) in [6, 6.07) is 4.56. The van der Waals surface area contributed by atoms with Gasteiger partial charge >= 0.3 is 6.18 Å². The standard InChI is InChI=1S/C13H12F3N3O2S/c14-13(15,16)9-3-1-2-8(4-9)10-5-11(10)19-22(20,21)12-6-17-7-18-12/h1-4,6-7,10-11,19H,5H2,(H,17,18)/t10-,11-/m0/s1. The zero-order valence-electron chi connectivity index (χ0n) is 11.1. The van der Waals surface area contributed by atoms with E-state index in [1.807, 2.05) is 0 Å². The third-order valence-electron chi connectivity index (χ3n) is 3.50. The fraction of sp³-hybridized carbons (Fsp3) is 0.308. The van der Waals surface area contributed by atoms with E-state index in [0.717, 1.165) is 12.1 Å². The molecule has 1 fully saturated rings. The number of benzene rings is 1. The molecule has 0 aliphatic heterocycles. The molecule has 22 heavy (non-hydrogen) atoms. The quantitative estimate of drug-likeness (QED) is 0.902. The molecular weight excluding hydrogens is 319 g/mol. The molecular formula is C13H12F3N3O2S. The SMILES string of the molecule is O=S(=O)(N[C@H]1C[C@H]1c1cccc(C(F)(F)F)c1)c1cnc[nH]1. The molecule has 0 unspecified atom stereocenters. The number of hydrogen-bond donors (Lipinski definition) is 2. The van der Waals surface area contributed by atoms with Gasteiger partial charge in [-0.3, -0.25) is 0 Å². The van der Waals surface area contributed by atoms with Gasteiger partial charge in [0.2, 0.25) is 0 Å². The van der Waals surface area contributed by atoms with Gasteiger partial charge in [0.25, 0.3) is 10.0 Å². The van der Waals surface area contributed by atoms with Crippen molar-refractivity contribution in [1.82, 2.24) is 14.7 Å². The van der Waals surface area contributed by atoms with Gasteiger partial charge in [0.1, 0.15) is 0 Å². The first kappa shape index (κ1) is 15.0. The van der Waals surface area contributed by atoms with E-state index >= 15 is 0 Å². The fourth-order valence-electron chi connectivity index (χ4n) is 2.29. The van der Waals surface area contributed by atoms with Gasteiger partial charge in [0.15, 0.2) is 5.03 Å². The third-order valence-corrected chi connectivity index (χ3v) is 4.92. The van der Waals surface area contributed by atoms with Crippen LogP contribution in [0.2, 0.25) is 0 Å². The highest BCUT2D eigenvalue weighted by Crippen LogP contribution is 2.43. The average molecular weight is 331 g/mol. The topological polar surface area (TPSA) is 74.8 Å². The van der Waals surface area contributed by atoms with Crippen molar-refractivity contribution in [1.29, 1.82) is 0 Å². The lowest BCUT2D eigenvalue weighted by Crippen LogP contribution is -2.27. The van der Waals surface area contributed by atoms with Crippen LogP contribution >= 0.6 is 0 Å². The number of halogens is 3. The van der Waals surface area contributed by atoms with Crippen LogP contribution in [0.5, 0.6) is 0 Å². The predicted molar refractivity (Wildman–Crippen MR) is 71.5 cm³/mol. The lowest BCUT2D eigenvalue weighted by Gasteiger charge is -2.09. The zero-order chi connectivity index (χ0) is 16.0. The second kappa shape index (κ2) is 5.10. The summed E-state index contributed by atoms with van der Waals surface area (Å²) in [7, 11) is -3.72. The van der Waals surface area contributed by atoms with Crippen molar-refractivity contribution in [3.8, 4) is 0 Å². The summed E-state index contributed by atoms with van der Waals surface area (Å²) in [5.74, 6) is -0.250. The molecule has 1 heterocycles. The van der Waals surface area contributed by atoms with Gasteiger partial charge in [-0.25, -0.2) is 18.1 Å². The molecule has 0 spiro atoms. The van der Waals surface area contributed by atoms with Crippen LogP contribution in [-0.4, -0.2) is 24.4 Å².